The molecule has 0 unspecified atom stereocenters. The fraction of sp³-hybridized carbons (Fsp3) is 0.276. The summed E-state index contributed by atoms with van der Waals surface area (Å²) in [6, 6.07) is 18.6. The first-order valence-corrected chi connectivity index (χ1v) is 12.4. The van der Waals surface area contributed by atoms with Crippen molar-refractivity contribution in [3.63, 3.8) is 0 Å². The van der Waals surface area contributed by atoms with Gasteiger partial charge in [-0.25, -0.2) is 0 Å². The lowest BCUT2D eigenvalue weighted by atomic mass is 9.61. The molecule has 3 aromatic rings. The molecule has 0 spiro atoms. The Morgan fingerprint density at radius 3 is 1.90 bits per heavy atom. The van der Waals surface area contributed by atoms with Gasteiger partial charge in [-0.3, -0.25) is 24.5 Å². The second-order valence-corrected chi connectivity index (χ2v) is 9.71. The molecule has 3 aromatic carbocycles. The highest BCUT2D eigenvalue weighted by molar-refractivity contribution is 6.11. The van der Waals surface area contributed by atoms with Crippen molar-refractivity contribution in [3.8, 4) is 11.5 Å². The number of hydrogen-bond donors (Lipinski definition) is 3. The monoisotopic (exact) mass is 547 g/mol. The Morgan fingerprint density at radius 2 is 1.40 bits per heavy atom. The van der Waals surface area contributed by atoms with E-state index < -0.39 is 52.3 Å². The minimum absolute atomic E-state index is 0.206. The summed E-state index contributed by atoms with van der Waals surface area (Å²) in [5.74, 6) is -5.07. The van der Waals surface area contributed by atoms with E-state index in [4.69, 9.17) is 9.47 Å². The quantitative estimate of drug-likeness (QED) is 0.218. The maximum Gasteiger partial charge on any atom is 0.269 e. The number of amides is 2. The summed E-state index contributed by atoms with van der Waals surface area (Å²) in [7, 11) is 2.88. The van der Waals surface area contributed by atoms with Crippen molar-refractivity contribution in [2.75, 3.05) is 24.9 Å². The normalized spacial score (nSPS) is 22.2. The van der Waals surface area contributed by atoms with Gasteiger partial charge in [0.1, 0.15) is 23.2 Å². The van der Waals surface area contributed by atoms with Crippen LogP contribution < -0.4 is 20.1 Å². The number of benzene rings is 3. The third-order valence-corrected chi connectivity index (χ3v) is 7.05. The molecular weight excluding hydrogens is 518 g/mol. The molecule has 1 aliphatic carbocycles. The van der Waals surface area contributed by atoms with Crippen LogP contribution in [-0.2, 0) is 14.4 Å². The number of para-hydroxylation sites is 4. The number of aliphatic hydroxyl groups is 1. The predicted octanol–water partition coefficient (Wildman–Crippen LogP) is 3.93. The summed E-state index contributed by atoms with van der Waals surface area (Å²) in [5.41, 5.74) is -1.10. The Balaban J connectivity index is 1.80. The summed E-state index contributed by atoms with van der Waals surface area (Å²) in [6.07, 6.45) is -0.468. The van der Waals surface area contributed by atoms with Crippen molar-refractivity contribution in [1.82, 2.24) is 0 Å². The molecule has 1 aliphatic rings. The van der Waals surface area contributed by atoms with Crippen LogP contribution in [0.4, 0.5) is 17.1 Å². The average Bonchev–Trinajstić information content (AvgIpc) is 2.92. The number of anilines is 2. The molecule has 11 nitrogen and oxygen atoms in total. The number of nitrogens with zero attached hydrogens (tertiary/aromatic N) is 1. The molecule has 1 fully saturated rings. The summed E-state index contributed by atoms with van der Waals surface area (Å²) in [4.78, 5) is 51.7. The average molecular weight is 548 g/mol. The number of hydrogen-bond acceptors (Lipinski definition) is 8. The molecule has 40 heavy (non-hydrogen) atoms. The Bertz CT molecular complexity index is 1440. The Kier molecular flexibility index (Phi) is 8.15. The molecular formula is C29H29N3O8. The van der Waals surface area contributed by atoms with Gasteiger partial charge in [-0.05, 0) is 36.8 Å². The molecule has 3 N–H and O–H groups in total. The first-order valence-electron chi connectivity index (χ1n) is 12.4. The summed E-state index contributed by atoms with van der Waals surface area (Å²) >= 11 is 0. The molecule has 2 amide bonds. The van der Waals surface area contributed by atoms with Crippen LogP contribution in [0.15, 0.2) is 72.8 Å². The van der Waals surface area contributed by atoms with E-state index in [0.29, 0.717) is 28.4 Å². The van der Waals surface area contributed by atoms with E-state index in [1.165, 1.54) is 45.4 Å². The number of rotatable bonds is 8. The lowest BCUT2D eigenvalue weighted by Crippen LogP contribution is -2.56. The van der Waals surface area contributed by atoms with Gasteiger partial charge in [0, 0.05) is 24.5 Å². The Morgan fingerprint density at radius 1 is 0.900 bits per heavy atom. The Labute approximate surface area is 230 Å². The minimum Gasteiger partial charge on any atom is -0.495 e. The second kappa shape index (κ2) is 11.5. The molecule has 0 bridgehead atoms. The van der Waals surface area contributed by atoms with Crippen molar-refractivity contribution in [2.24, 2.45) is 11.8 Å². The summed E-state index contributed by atoms with van der Waals surface area (Å²) < 4.78 is 10.6. The fourth-order valence-electron chi connectivity index (χ4n) is 5.23. The zero-order valence-corrected chi connectivity index (χ0v) is 22.1. The van der Waals surface area contributed by atoms with Crippen molar-refractivity contribution in [3.05, 3.63) is 88.5 Å². The molecule has 208 valence electrons. The number of methoxy groups -OCH3 is 2. The predicted molar refractivity (Wildman–Crippen MR) is 146 cm³/mol. The van der Waals surface area contributed by atoms with E-state index in [9.17, 15) is 29.6 Å². The molecule has 4 atom stereocenters. The van der Waals surface area contributed by atoms with Crippen LogP contribution in [0.2, 0.25) is 0 Å². The molecule has 0 aliphatic heterocycles. The zero-order valence-electron chi connectivity index (χ0n) is 22.1. The van der Waals surface area contributed by atoms with E-state index in [2.05, 4.69) is 10.6 Å². The van der Waals surface area contributed by atoms with E-state index in [1.807, 2.05) is 0 Å². The number of non-ortho nitro benzene ring substituents is 1. The largest absolute Gasteiger partial charge is 0.495 e. The smallest absolute Gasteiger partial charge is 0.269 e. The SMILES string of the molecule is COc1ccccc1NC(=O)[C@H]1C(=O)C[C@@](C)(O)[C@@H](C(=O)Nc2ccccc2OC)[C@@H]1c1ccc([N+](=O)[O-])cc1. The molecule has 0 saturated heterocycles. The van der Waals surface area contributed by atoms with Gasteiger partial charge >= 0.3 is 0 Å². The molecule has 11 heteroatoms. The van der Waals surface area contributed by atoms with E-state index in [-0.39, 0.29) is 5.69 Å². The van der Waals surface area contributed by atoms with Gasteiger partial charge in [0.05, 0.1) is 42.0 Å². The van der Waals surface area contributed by atoms with E-state index in [1.54, 1.807) is 48.5 Å². The minimum atomic E-state index is -1.85. The van der Waals surface area contributed by atoms with Crippen LogP contribution in [-0.4, -0.2) is 47.4 Å². The van der Waals surface area contributed by atoms with Crippen LogP contribution in [0.25, 0.3) is 0 Å². The van der Waals surface area contributed by atoms with Crippen LogP contribution >= 0.6 is 0 Å². The number of carbonyl (C=O) groups is 3. The van der Waals surface area contributed by atoms with E-state index >= 15 is 0 Å². The van der Waals surface area contributed by atoms with Gasteiger partial charge in [-0.2, -0.15) is 0 Å². The van der Waals surface area contributed by atoms with Crippen LogP contribution in [0, 0.1) is 22.0 Å². The third kappa shape index (κ3) is 5.64. The second-order valence-electron chi connectivity index (χ2n) is 9.71. The van der Waals surface area contributed by atoms with Crippen molar-refractivity contribution >= 4 is 34.7 Å². The van der Waals surface area contributed by atoms with Gasteiger partial charge in [0.2, 0.25) is 11.8 Å². The number of nitrogens with one attached hydrogen (secondary N) is 2. The number of ether oxygens (including phenoxy) is 2. The van der Waals surface area contributed by atoms with E-state index in [0.717, 1.165) is 0 Å². The van der Waals surface area contributed by atoms with Crippen molar-refractivity contribution in [1.29, 1.82) is 0 Å². The summed E-state index contributed by atoms with van der Waals surface area (Å²) in [6.45, 7) is 1.37. The topological polar surface area (TPSA) is 157 Å². The van der Waals surface area contributed by atoms with Gasteiger partial charge in [-0.15, -0.1) is 0 Å². The first kappa shape index (κ1) is 28.2. The maximum atomic E-state index is 13.8. The Hall–Kier alpha value is -4.77. The molecule has 0 heterocycles. The van der Waals surface area contributed by atoms with Gasteiger partial charge < -0.3 is 25.2 Å². The molecule has 4 rings (SSSR count). The van der Waals surface area contributed by atoms with Crippen LogP contribution in [0.1, 0.15) is 24.8 Å². The zero-order chi connectivity index (χ0) is 29.0. The number of carbonyl (C=O) groups excluding carboxylic acids is 3. The first-order chi connectivity index (χ1) is 19.1. The van der Waals surface area contributed by atoms with Crippen molar-refractivity contribution < 1.29 is 33.9 Å². The summed E-state index contributed by atoms with van der Waals surface area (Å²) in [5, 5.41) is 28.2. The van der Waals surface area contributed by atoms with Gasteiger partial charge in [0.15, 0.2) is 0 Å². The van der Waals surface area contributed by atoms with Gasteiger partial charge in [0.25, 0.3) is 5.69 Å². The third-order valence-electron chi connectivity index (χ3n) is 7.05. The molecule has 0 radical (unpaired) electrons. The van der Waals surface area contributed by atoms with Crippen molar-refractivity contribution in [2.45, 2.75) is 24.9 Å². The highest BCUT2D eigenvalue weighted by atomic mass is 16.6. The number of Topliss-reactive ketones (excluding diaryl/α,β-unsaturated/α-hetero) is 1. The van der Waals surface area contributed by atoms with Gasteiger partial charge in [-0.1, -0.05) is 36.4 Å². The maximum absolute atomic E-state index is 13.8. The fourth-order valence-corrected chi connectivity index (χ4v) is 5.23. The number of ketones is 1. The lowest BCUT2D eigenvalue weighted by Gasteiger charge is -2.44. The molecule has 0 aromatic heterocycles. The van der Waals surface area contributed by atoms with Crippen LogP contribution in [0.3, 0.4) is 0 Å². The highest BCUT2D eigenvalue weighted by Crippen LogP contribution is 2.47. The molecule has 1 saturated carbocycles. The highest BCUT2D eigenvalue weighted by Gasteiger charge is 2.56. The number of nitro benzene ring substituents is 1. The lowest BCUT2D eigenvalue weighted by molar-refractivity contribution is -0.384. The van der Waals surface area contributed by atoms with Crippen LogP contribution in [0.5, 0.6) is 11.5 Å². The standard InChI is InChI=1S/C29H29N3O8/c1-29(36)16-21(33)25(27(34)30-19-8-4-6-10-22(19)39-2)24(17-12-14-18(15-13-17)32(37)38)26(29)28(35)31-20-9-5-7-11-23(20)40-3/h4-15,24-26,36H,16H2,1-3H3,(H,30,34)(H,31,35)/t24-,25+,26-,29-/m1/s1. The number of nitro groups is 1.